The Bertz CT molecular complexity index is 748. The molecule has 0 aliphatic carbocycles. The highest BCUT2D eigenvalue weighted by molar-refractivity contribution is 5.95. The minimum Gasteiger partial charge on any atom is -0.478 e. The van der Waals surface area contributed by atoms with Gasteiger partial charge in [-0.15, -0.1) is 0 Å². The van der Waals surface area contributed by atoms with Crippen molar-refractivity contribution < 1.29 is 9.90 Å². The van der Waals surface area contributed by atoms with Gasteiger partial charge in [-0.05, 0) is 57.9 Å². The van der Waals surface area contributed by atoms with Crippen molar-refractivity contribution in [3.8, 4) is 6.07 Å². The van der Waals surface area contributed by atoms with E-state index in [-0.39, 0.29) is 5.41 Å². The number of benzene rings is 1. The lowest BCUT2D eigenvalue weighted by Gasteiger charge is -2.17. The van der Waals surface area contributed by atoms with E-state index in [9.17, 15) is 4.79 Å². The Morgan fingerprint density at radius 2 is 2.05 bits per heavy atom. The first-order valence-electron chi connectivity index (χ1n) is 7.01. The number of carboxylic acid groups (broad SMARTS) is 1. The van der Waals surface area contributed by atoms with Gasteiger partial charge in [-0.2, -0.15) is 5.26 Å². The standard InChI is InChI=1S/C17H20N2O2/c1-11-12(2)19(8-7-17(3,4)10-18)15-6-5-13(16(20)21)9-14(11)15/h5-6,9H,7-8H2,1-4H3,(H,20,21). The number of nitriles is 1. The quantitative estimate of drug-likeness (QED) is 0.926. The zero-order chi connectivity index (χ0) is 15.8. The summed E-state index contributed by atoms with van der Waals surface area (Å²) in [5.41, 5.74) is 3.20. The van der Waals surface area contributed by atoms with Crippen LogP contribution in [0.4, 0.5) is 0 Å². The molecule has 0 saturated carbocycles. The summed E-state index contributed by atoms with van der Waals surface area (Å²) in [6.45, 7) is 8.67. The molecule has 0 spiro atoms. The number of fused-ring (bicyclic) bond motifs is 1. The van der Waals surface area contributed by atoms with Crippen molar-refractivity contribution in [1.29, 1.82) is 5.26 Å². The maximum atomic E-state index is 11.1. The van der Waals surface area contributed by atoms with Gasteiger partial charge < -0.3 is 9.67 Å². The van der Waals surface area contributed by atoms with Crippen LogP contribution in [0.15, 0.2) is 18.2 Å². The van der Waals surface area contributed by atoms with Gasteiger partial charge in [0.05, 0.1) is 17.0 Å². The van der Waals surface area contributed by atoms with Crippen molar-refractivity contribution >= 4 is 16.9 Å². The minimum atomic E-state index is -0.910. The predicted octanol–water partition coefficient (Wildman–Crippen LogP) is 3.90. The van der Waals surface area contributed by atoms with Gasteiger partial charge in [0, 0.05) is 23.1 Å². The number of hydrogen-bond acceptors (Lipinski definition) is 2. The molecule has 1 aromatic heterocycles. The van der Waals surface area contributed by atoms with Crippen molar-refractivity contribution in [3.63, 3.8) is 0 Å². The van der Waals surface area contributed by atoms with Crippen molar-refractivity contribution in [2.24, 2.45) is 5.41 Å². The van der Waals surface area contributed by atoms with Gasteiger partial charge in [0.15, 0.2) is 0 Å². The number of rotatable bonds is 4. The molecule has 4 nitrogen and oxygen atoms in total. The van der Waals surface area contributed by atoms with Crippen molar-refractivity contribution in [2.45, 2.75) is 40.7 Å². The van der Waals surface area contributed by atoms with Gasteiger partial charge in [-0.3, -0.25) is 0 Å². The highest BCUT2D eigenvalue weighted by Gasteiger charge is 2.19. The largest absolute Gasteiger partial charge is 0.478 e. The Hall–Kier alpha value is -2.28. The molecule has 0 amide bonds. The second kappa shape index (κ2) is 5.25. The molecule has 0 aliphatic heterocycles. The fraction of sp³-hybridized carbons (Fsp3) is 0.412. The second-order valence-corrected chi connectivity index (χ2v) is 6.14. The summed E-state index contributed by atoms with van der Waals surface area (Å²) < 4.78 is 2.18. The lowest BCUT2D eigenvalue weighted by atomic mass is 9.91. The Morgan fingerprint density at radius 1 is 1.38 bits per heavy atom. The first-order chi connectivity index (χ1) is 9.76. The number of nitrogens with zero attached hydrogens (tertiary/aromatic N) is 2. The van der Waals surface area contributed by atoms with E-state index < -0.39 is 5.97 Å². The van der Waals surface area contributed by atoms with Gasteiger partial charge >= 0.3 is 5.97 Å². The summed E-state index contributed by atoms with van der Waals surface area (Å²) in [4.78, 5) is 11.1. The SMILES string of the molecule is Cc1c(C)n(CCC(C)(C)C#N)c2ccc(C(=O)O)cc12. The van der Waals surface area contributed by atoms with Crippen LogP contribution in [0.25, 0.3) is 10.9 Å². The molecule has 0 bridgehead atoms. The average Bonchev–Trinajstić information content (AvgIpc) is 2.68. The molecule has 21 heavy (non-hydrogen) atoms. The molecule has 110 valence electrons. The van der Waals surface area contributed by atoms with Crippen LogP contribution in [-0.4, -0.2) is 15.6 Å². The van der Waals surface area contributed by atoms with Gasteiger partial charge in [0.25, 0.3) is 0 Å². The van der Waals surface area contributed by atoms with E-state index in [0.29, 0.717) is 5.56 Å². The van der Waals surface area contributed by atoms with Crippen LogP contribution in [0.5, 0.6) is 0 Å². The van der Waals surface area contributed by atoms with E-state index in [1.807, 2.05) is 33.8 Å². The van der Waals surface area contributed by atoms with Crippen molar-refractivity contribution in [3.05, 3.63) is 35.0 Å². The lowest BCUT2D eigenvalue weighted by Crippen LogP contribution is -2.13. The highest BCUT2D eigenvalue weighted by Crippen LogP contribution is 2.28. The first-order valence-corrected chi connectivity index (χ1v) is 7.01. The number of hydrogen-bond donors (Lipinski definition) is 1. The van der Waals surface area contributed by atoms with E-state index >= 15 is 0 Å². The fourth-order valence-corrected chi connectivity index (χ4v) is 2.52. The molecular weight excluding hydrogens is 264 g/mol. The van der Waals surface area contributed by atoms with Gasteiger partial charge in [-0.25, -0.2) is 4.79 Å². The third-order valence-corrected chi connectivity index (χ3v) is 4.15. The second-order valence-electron chi connectivity index (χ2n) is 6.14. The molecule has 1 heterocycles. The molecular formula is C17H20N2O2. The minimum absolute atomic E-state index is 0.306. The van der Waals surface area contributed by atoms with E-state index in [4.69, 9.17) is 10.4 Å². The Kier molecular flexibility index (Phi) is 3.78. The van der Waals surface area contributed by atoms with Crippen LogP contribution in [-0.2, 0) is 6.54 Å². The molecule has 0 radical (unpaired) electrons. The molecule has 0 fully saturated rings. The lowest BCUT2D eigenvalue weighted by molar-refractivity contribution is 0.0697. The monoisotopic (exact) mass is 284 g/mol. The Morgan fingerprint density at radius 3 is 2.62 bits per heavy atom. The molecule has 2 aromatic rings. The Labute approximate surface area is 124 Å². The summed E-state index contributed by atoms with van der Waals surface area (Å²) >= 11 is 0. The maximum absolute atomic E-state index is 11.1. The average molecular weight is 284 g/mol. The maximum Gasteiger partial charge on any atom is 0.335 e. The topological polar surface area (TPSA) is 66.0 Å². The van der Waals surface area contributed by atoms with E-state index in [0.717, 1.165) is 35.1 Å². The summed E-state index contributed by atoms with van der Waals surface area (Å²) in [7, 11) is 0. The van der Waals surface area contributed by atoms with Crippen LogP contribution in [0.3, 0.4) is 0 Å². The highest BCUT2D eigenvalue weighted by atomic mass is 16.4. The van der Waals surface area contributed by atoms with Crippen molar-refractivity contribution in [2.75, 3.05) is 0 Å². The van der Waals surface area contributed by atoms with E-state index in [2.05, 4.69) is 10.6 Å². The van der Waals surface area contributed by atoms with E-state index in [1.165, 1.54) is 0 Å². The number of carbonyl (C=O) groups is 1. The third-order valence-electron chi connectivity index (χ3n) is 4.15. The number of aromatic nitrogens is 1. The van der Waals surface area contributed by atoms with Crippen molar-refractivity contribution in [1.82, 2.24) is 4.57 Å². The third kappa shape index (κ3) is 2.78. The number of aromatic carboxylic acids is 1. The fourth-order valence-electron chi connectivity index (χ4n) is 2.52. The molecule has 1 aromatic carbocycles. The number of carboxylic acids is 1. The van der Waals surface area contributed by atoms with Crippen LogP contribution >= 0.6 is 0 Å². The molecule has 0 atom stereocenters. The van der Waals surface area contributed by atoms with Crippen LogP contribution < -0.4 is 0 Å². The Balaban J connectivity index is 2.48. The summed E-state index contributed by atoms with van der Waals surface area (Å²) in [5.74, 6) is -0.910. The summed E-state index contributed by atoms with van der Waals surface area (Å²) in [6.07, 6.45) is 0.758. The van der Waals surface area contributed by atoms with Crippen LogP contribution in [0, 0.1) is 30.6 Å². The van der Waals surface area contributed by atoms with Gasteiger partial charge in [0.2, 0.25) is 0 Å². The van der Waals surface area contributed by atoms with Crippen LogP contribution in [0.2, 0.25) is 0 Å². The molecule has 1 N–H and O–H groups in total. The molecule has 0 aliphatic rings. The van der Waals surface area contributed by atoms with Crippen LogP contribution in [0.1, 0.15) is 41.9 Å². The van der Waals surface area contributed by atoms with E-state index in [1.54, 1.807) is 12.1 Å². The summed E-state index contributed by atoms with van der Waals surface area (Å²) in [6, 6.07) is 7.54. The smallest absolute Gasteiger partial charge is 0.335 e. The van der Waals surface area contributed by atoms with Gasteiger partial charge in [0.1, 0.15) is 0 Å². The predicted molar refractivity (Wildman–Crippen MR) is 82.4 cm³/mol. The normalized spacial score (nSPS) is 11.6. The molecule has 0 unspecified atom stereocenters. The number of aryl methyl sites for hydroxylation is 2. The van der Waals surface area contributed by atoms with Gasteiger partial charge in [-0.1, -0.05) is 0 Å². The molecule has 4 heteroatoms. The zero-order valence-corrected chi connectivity index (χ0v) is 12.9. The molecule has 2 rings (SSSR count). The summed E-state index contributed by atoms with van der Waals surface area (Å²) in [5, 5.41) is 19.2. The zero-order valence-electron chi connectivity index (χ0n) is 12.9. The first kappa shape index (κ1) is 15.1. The molecule has 0 saturated heterocycles.